The molecule has 0 bridgehead atoms. The van der Waals surface area contributed by atoms with Crippen molar-refractivity contribution in [3.63, 3.8) is 0 Å². The van der Waals surface area contributed by atoms with Crippen LogP contribution in [0.4, 0.5) is 26.3 Å². The third-order valence-corrected chi connectivity index (χ3v) is 5.72. The third-order valence-electron chi connectivity index (χ3n) is 5.72. The van der Waals surface area contributed by atoms with Crippen molar-refractivity contribution in [2.24, 2.45) is 13.0 Å². The molecule has 2 aliphatic rings. The molecule has 1 saturated carbocycles. The Morgan fingerprint density at radius 1 is 1.05 bits per heavy atom. The summed E-state index contributed by atoms with van der Waals surface area (Å²) in [7, 11) is 3.76. The quantitative estimate of drug-likeness (QED) is 0.477. The minimum atomic E-state index is -5.08. The lowest BCUT2D eigenvalue weighted by Crippen LogP contribution is -2.35. The molecule has 0 saturated heterocycles. The lowest BCUT2D eigenvalue weighted by atomic mass is 9.96. The Balaban J connectivity index is 0.000000317. The average molecular weight is 569 g/mol. The van der Waals surface area contributed by atoms with Crippen molar-refractivity contribution in [3.05, 3.63) is 47.3 Å². The minimum absolute atomic E-state index is 0.389. The zero-order chi connectivity index (χ0) is 29.4. The van der Waals surface area contributed by atoms with E-state index in [4.69, 9.17) is 29.3 Å². The molecule has 218 valence electrons. The van der Waals surface area contributed by atoms with Crippen molar-refractivity contribution in [1.82, 2.24) is 14.7 Å². The molecule has 1 unspecified atom stereocenters. The number of carboxylic acids is 2. The first-order valence-corrected chi connectivity index (χ1v) is 11.7. The van der Waals surface area contributed by atoms with Gasteiger partial charge in [-0.3, -0.25) is 9.58 Å². The molecule has 39 heavy (non-hydrogen) atoms. The highest BCUT2D eigenvalue weighted by Crippen LogP contribution is 2.32. The predicted octanol–water partition coefficient (Wildman–Crippen LogP) is 4.22. The van der Waals surface area contributed by atoms with Gasteiger partial charge >= 0.3 is 24.3 Å². The van der Waals surface area contributed by atoms with Gasteiger partial charge in [0, 0.05) is 50.5 Å². The van der Waals surface area contributed by atoms with Gasteiger partial charge < -0.3 is 19.7 Å². The van der Waals surface area contributed by atoms with Gasteiger partial charge in [-0.2, -0.15) is 31.4 Å². The van der Waals surface area contributed by atoms with Crippen LogP contribution in [0.5, 0.6) is 5.75 Å². The van der Waals surface area contributed by atoms with E-state index in [0.717, 1.165) is 44.5 Å². The van der Waals surface area contributed by atoms with E-state index in [2.05, 4.69) is 28.2 Å². The summed E-state index contributed by atoms with van der Waals surface area (Å²) in [6.45, 7) is 4.58. The zero-order valence-corrected chi connectivity index (χ0v) is 21.1. The highest BCUT2D eigenvalue weighted by Gasteiger charge is 2.39. The summed E-state index contributed by atoms with van der Waals surface area (Å²) in [4.78, 5) is 20.3. The number of carboxylic acid groups (broad SMARTS) is 2. The molecule has 1 fully saturated rings. The van der Waals surface area contributed by atoms with Crippen LogP contribution in [0.2, 0.25) is 0 Å². The van der Waals surface area contributed by atoms with E-state index >= 15 is 0 Å². The molecule has 2 aromatic rings. The van der Waals surface area contributed by atoms with Crippen molar-refractivity contribution in [2.45, 2.75) is 44.2 Å². The third kappa shape index (κ3) is 10.8. The number of fused-ring (bicyclic) bond motifs is 1. The molecular weight excluding hydrogens is 540 g/mol. The molecule has 1 aliphatic heterocycles. The predicted molar refractivity (Wildman–Crippen MR) is 124 cm³/mol. The molecular formula is C24H29F6N3O6. The summed E-state index contributed by atoms with van der Waals surface area (Å²) in [6, 6.07) is 8.34. The largest absolute Gasteiger partial charge is 0.497 e. The van der Waals surface area contributed by atoms with Gasteiger partial charge in [0.25, 0.3) is 0 Å². The van der Waals surface area contributed by atoms with Gasteiger partial charge in [0.1, 0.15) is 5.75 Å². The van der Waals surface area contributed by atoms with E-state index in [1.54, 1.807) is 7.11 Å². The van der Waals surface area contributed by atoms with Crippen LogP contribution in [0.15, 0.2) is 30.5 Å². The van der Waals surface area contributed by atoms with Crippen LogP contribution in [-0.2, 0) is 34.5 Å². The summed E-state index contributed by atoms with van der Waals surface area (Å²) >= 11 is 0. The molecule has 1 aliphatic carbocycles. The number of methoxy groups -OCH3 is 1. The number of ether oxygens (including phenoxy) is 2. The van der Waals surface area contributed by atoms with Gasteiger partial charge in [0.15, 0.2) is 0 Å². The molecule has 15 heteroatoms. The number of aryl methyl sites for hydroxylation is 1. The number of carbonyl (C=O) groups is 2. The number of aliphatic carboxylic acids is 2. The second-order valence-corrected chi connectivity index (χ2v) is 8.98. The highest BCUT2D eigenvalue weighted by molar-refractivity contribution is 5.73. The van der Waals surface area contributed by atoms with Crippen LogP contribution in [0.1, 0.15) is 35.6 Å². The van der Waals surface area contributed by atoms with Gasteiger partial charge in [-0.25, -0.2) is 9.59 Å². The second-order valence-electron chi connectivity index (χ2n) is 8.98. The van der Waals surface area contributed by atoms with E-state index < -0.39 is 24.3 Å². The molecule has 4 rings (SSSR count). The van der Waals surface area contributed by atoms with Crippen molar-refractivity contribution in [3.8, 4) is 5.75 Å². The Morgan fingerprint density at radius 3 is 2.15 bits per heavy atom. The van der Waals surface area contributed by atoms with Crippen molar-refractivity contribution in [2.75, 3.05) is 26.9 Å². The van der Waals surface area contributed by atoms with Crippen molar-refractivity contribution in [1.29, 1.82) is 0 Å². The standard InChI is InChI=1S/C20H27N3O2.2C2HF3O2/c1-22-20-17(9-21-22)11-23(10-16-4-3-5-19(8-16)24-2)12-18(20)14-25-13-15-6-7-15;2*3-2(4,5)1(6)7/h3-5,8-9,15,18H,6-7,10-14H2,1-2H3;2*(H,6,7). The van der Waals surface area contributed by atoms with Crippen LogP contribution in [0, 0.1) is 5.92 Å². The van der Waals surface area contributed by atoms with Crippen LogP contribution in [0.3, 0.4) is 0 Å². The highest BCUT2D eigenvalue weighted by atomic mass is 19.4. The maximum Gasteiger partial charge on any atom is 0.490 e. The number of nitrogens with zero attached hydrogens (tertiary/aromatic N) is 3. The minimum Gasteiger partial charge on any atom is -0.497 e. The number of rotatable bonds is 7. The topological polar surface area (TPSA) is 114 Å². The summed E-state index contributed by atoms with van der Waals surface area (Å²) < 4.78 is 76.9. The molecule has 0 spiro atoms. The molecule has 2 heterocycles. The van der Waals surface area contributed by atoms with Gasteiger partial charge in [0.05, 0.1) is 19.9 Å². The Hall–Kier alpha value is -3.33. The monoisotopic (exact) mass is 569 g/mol. The number of hydrogen-bond acceptors (Lipinski definition) is 6. The number of benzene rings is 1. The fourth-order valence-electron chi connectivity index (χ4n) is 3.79. The fraction of sp³-hybridized carbons (Fsp3) is 0.542. The normalized spacial score (nSPS) is 17.2. The number of hydrogen-bond donors (Lipinski definition) is 2. The smallest absolute Gasteiger partial charge is 0.490 e. The number of aromatic nitrogens is 2. The lowest BCUT2D eigenvalue weighted by molar-refractivity contribution is -0.193. The second kappa shape index (κ2) is 13.6. The van der Waals surface area contributed by atoms with Gasteiger partial charge in [-0.15, -0.1) is 0 Å². The molecule has 1 aromatic heterocycles. The lowest BCUT2D eigenvalue weighted by Gasteiger charge is -2.33. The van der Waals surface area contributed by atoms with Gasteiger partial charge in [-0.05, 0) is 36.5 Å². The summed E-state index contributed by atoms with van der Waals surface area (Å²) in [6.07, 6.45) is -5.48. The molecule has 1 aromatic carbocycles. The molecule has 1 atom stereocenters. The fourth-order valence-corrected chi connectivity index (χ4v) is 3.79. The maximum atomic E-state index is 10.6. The summed E-state index contributed by atoms with van der Waals surface area (Å²) in [5.41, 5.74) is 3.96. The Labute approximate surface area is 219 Å². The number of alkyl halides is 6. The Bertz CT molecular complexity index is 1080. The van der Waals surface area contributed by atoms with Crippen LogP contribution in [0.25, 0.3) is 0 Å². The van der Waals surface area contributed by atoms with Crippen molar-refractivity contribution >= 4 is 11.9 Å². The van der Waals surface area contributed by atoms with E-state index in [0.29, 0.717) is 5.92 Å². The zero-order valence-electron chi connectivity index (χ0n) is 21.1. The average Bonchev–Trinajstić information content (AvgIpc) is 3.59. The first-order valence-electron chi connectivity index (χ1n) is 11.7. The Morgan fingerprint density at radius 2 is 1.64 bits per heavy atom. The van der Waals surface area contributed by atoms with Gasteiger partial charge in [0.2, 0.25) is 0 Å². The Kier molecular flexibility index (Phi) is 11.2. The molecule has 9 nitrogen and oxygen atoms in total. The van der Waals surface area contributed by atoms with E-state index in [1.165, 1.54) is 29.7 Å². The summed E-state index contributed by atoms with van der Waals surface area (Å²) in [5, 5.41) is 18.7. The van der Waals surface area contributed by atoms with Crippen molar-refractivity contribution < 1.29 is 55.6 Å². The van der Waals surface area contributed by atoms with E-state index in [1.807, 2.05) is 24.0 Å². The first kappa shape index (κ1) is 31.9. The van der Waals surface area contributed by atoms with Crippen LogP contribution < -0.4 is 4.74 Å². The van der Waals surface area contributed by atoms with Crippen LogP contribution >= 0.6 is 0 Å². The van der Waals surface area contributed by atoms with E-state index in [-0.39, 0.29) is 0 Å². The van der Waals surface area contributed by atoms with Crippen LogP contribution in [-0.4, -0.2) is 76.1 Å². The molecule has 0 amide bonds. The molecule has 2 N–H and O–H groups in total. The first-order chi connectivity index (χ1) is 18.1. The number of halogens is 6. The SMILES string of the molecule is COc1cccc(CN2Cc3cnn(C)c3C(COCC3CC3)C2)c1.O=C(O)C(F)(F)F.O=C(O)C(F)(F)F. The summed E-state index contributed by atoms with van der Waals surface area (Å²) in [5.74, 6) is -3.40. The van der Waals surface area contributed by atoms with Gasteiger partial charge in [-0.1, -0.05) is 12.1 Å². The maximum absolute atomic E-state index is 10.6. The molecule has 0 radical (unpaired) electrons. The van der Waals surface area contributed by atoms with E-state index in [9.17, 15) is 26.3 Å².